The van der Waals surface area contributed by atoms with Crippen molar-refractivity contribution in [3.8, 4) is 0 Å². The molecule has 0 spiro atoms. The smallest absolute Gasteiger partial charge is 0.131 e. The Kier molecular flexibility index (Phi) is 5.71. The minimum Gasteiger partial charge on any atom is -0.377 e. The Bertz CT molecular complexity index is 202. The Hall–Kier alpha value is -0.160. The predicted molar refractivity (Wildman–Crippen MR) is 67.9 cm³/mol. The number of hydrogen-bond donors (Lipinski definition) is 1. The van der Waals surface area contributed by atoms with Crippen molar-refractivity contribution in [3.05, 3.63) is 0 Å². The van der Waals surface area contributed by atoms with Gasteiger partial charge in [-0.15, -0.1) is 0 Å². The van der Waals surface area contributed by atoms with E-state index in [1.165, 1.54) is 38.8 Å². The molecule has 2 rings (SSSR count). The van der Waals surface area contributed by atoms with Crippen molar-refractivity contribution >= 4 is 0 Å². The fourth-order valence-electron chi connectivity index (χ4n) is 2.73. The van der Waals surface area contributed by atoms with Crippen LogP contribution >= 0.6 is 0 Å². The molecule has 2 aliphatic heterocycles. The van der Waals surface area contributed by atoms with Gasteiger partial charge in [-0.3, -0.25) is 4.90 Å². The summed E-state index contributed by atoms with van der Waals surface area (Å²) in [5, 5.41) is 9.85. The summed E-state index contributed by atoms with van der Waals surface area (Å²) in [4.78, 5) is 4.61. The molecule has 100 valence electrons. The second-order valence-electron chi connectivity index (χ2n) is 5.20. The number of hydrogen-bond acceptors (Lipinski definition) is 4. The van der Waals surface area contributed by atoms with Gasteiger partial charge in [0.15, 0.2) is 0 Å². The van der Waals surface area contributed by atoms with Gasteiger partial charge in [0.2, 0.25) is 0 Å². The molecule has 0 bridgehead atoms. The van der Waals surface area contributed by atoms with E-state index in [0.717, 1.165) is 32.7 Å². The SMILES string of the molecule is OC(COCCCN1CCCC1)N1CCCC1. The normalized spacial score (nSPS) is 24.5. The molecule has 1 unspecified atom stereocenters. The molecule has 2 fully saturated rings. The molecule has 0 aromatic carbocycles. The van der Waals surface area contributed by atoms with Crippen LogP contribution in [0.3, 0.4) is 0 Å². The van der Waals surface area contributed by atoms with Crippen LogP contribution in [0.15, 0.2) is 0 Å². The molecule has 2 saturated heterocycles. The predicted octanol–water partition coefficient (Wildman–Crippen LogP) is 0.903. The summed E-state index contributed by atoms with van der Waals surface area (Å²) in [7, 11) is 0. The van der Waals surface area contributed by atoms with Crippen LogP contribution in [0, 0.1) is 0 Å². The molecule has 1 atom stereocenters. The third-order valence-corrected chi connectivity index (χ3v) is 3.79. The number of aliphatic hydroxyl groups is 1. The second-order valence-corrected chi connectivity index (χ2v) is 5.20. The van der Waals surface area contributed by atoms with Crippen molar-refractivity contribution in [1.82, 2.24) is 9.80 Å². The molecule has 1 N–H and O–H groups in total. The number of likely N-dealkylation sites (tertiary alicyclic amines) is 2. The number of ether oxygens (including phenoxy) is 1. The van der Waals surface area contributed by atoms with E-state index in [2.05, 4.69) is 9.80 Å². The summed E-state index contributed by atoms with van der Waals surface area (Å²) in [6, 6.07) is 0. The van der Waals surface area contributed by atoms with Crippen LogP contribution in [0.5, 0.6) is 0 Å². The van der Waals surface area contributed by atoms with Crippen LogP contribution in [-0.4, -0.2) is 67.1 Å². The molecule has 2 aliphatic rings. The minimum absolute atomic E-state index is 0.385. The molecule has 4 nitrogen and oxygen atoms in total. The van der Waals surface area contributed by atoms with E-state index >= 15 is 0 Å². The maximum absolute atomic E-state index is 9.85. The summed E-state index contributed by atoms with van der Waals surface area (Å²) in [6.45, 7) is 6.98. The van der Waals surface area contributed by atoms with Crippen LogP contribution < -0.4 is 0 Å². The quantitative estimate of drug-likeness (QED) is 0.673. The van der Waals surface area contributed by atoms with Gasteiger partial charge in [-0.1, -0.05) is 0 Å². The molecule has 0 aromatic heterocycles. The number of rotatable bonds is 7. The van der Waals surface area contributed by atoms with Gasteiger partial charge in [-0.05, 0) is 45.2 Å². The molecule has 2 heterocycles. The van der Waals surface area contributed by atoms with Gasteiger partial charge in [-0.2, -0.15) is 0 Å². The number of aliphatic hydroxyl groups excluding tert-OH is 1. The molecule has 4 heteroatoms. The van der Waals surface area contributed by atoms with E-state index in [-0.39, 0.29) is 6.23 Å². The maximum Gasteiger partial charge on any atom is 0.131 e. The molecule has 0 amide bonds. The third-order valence-electron chi connectivity index (χ3n) is 3.79. The molecule has 0 aromatic rings. The van der Waals surface area contributed by atoms with Crippen LogP contribution in [0.4, 0.5) is 0 Å². The summed E-state index contributed by atoms with van der Waals surface area (Å²) in [5.41, 5.74) is 0. The first-order chi connectivity index (χ1) is 8.36. The van der Waals surface area contributed by atoms with Crippen LogP contribution in [0.1, 0.15) is 32.1 Å². The highest BCUT2D eigenvalue weighted by molar-refractivity contribution is 4.69. The largest absolute Gasteiger partial charge is 0.377 e. The van der Waals surface area contributed by atoms with E-state index in [9.17, 15) is 5.11 Å². The van der Waals surface area contributed by atoms with Crippen molar-refractivity contribution in [2.45, 2.75) is 38.3 Å². The first kappa shape index (κ1) is 13.3. The summed E-state index contributed by atoms with van der Waals surface area (Å²) in [6.07, 6.45) is 5.85. The summed E-state index contributed by atoms with van der Waals surface area (Å²) >= 11 is 0. The highest BCUT2D eigenvalue weighted by Gasteiger charge is 2.19. The zero-order chi connectivity index (χ0) is 11.9. The summed E-state index contributed by atoms with van der Waals surface area (Å²) in [5.74, 6) is 0. The van der Waals surface area contributed by atoms with Gasteiger partial charge in [0.05, 0.1) is 6.61 Å². The molecule has 0 radical (unpaired) electrons. The first-order valence-corrected chi connectivity index (χ1v) is 7.08. The van der Waals surface area contributed by atoms with E-state index < -0.39 is 0 Å². The lowest BCUT2D eigenvalue weighted by Crippen LogP contribution is -2.36. The van der Waals surface area contributed by atoms with Gasteiger partial charge in [0.25, 0.3) is 0 Å². The van der Waals surface area contributed by atoms with Crippen molar-refractivity contribution < 1.29 is 9.84 Å². The standard InChI is InChI=1S/C13H26N2O2/c16-13(15-9-3-4-10-15)12-17-11-5-8-14-6-1-2-7-14/h13,16H,1-12H2. The monoisotopic (exact) mass is 242 g/mol. The Morgan fingerprint density at radius 3 is 2.35 bits per heavy atom. The van der Waals surface area contributed by atoms with Gasteiger partial charge in [0.1, 0.15) is 6.23 Å². The fourth-order valence-corrected chi connectivity index (χ4v) is 2.73. The Morgan fingerprint density at radius 2 is 1.65 bits per heavy atom. The lowest BCUT2D eigenvalue weighted by Gasteiger charge is -2.22. The van der Waals surface area contributed by atoms with Crippen LogP contribution in [0.25, 0.3) is 0 Å². The van der Waals surface area contributed by atoms with Crippen LogP contribution in [0.2, 0.25) is 0 Å². The zero-order valence-corrected chi connectivity index (χ0v) is 10.8. The Morgan fingerprint density at radius 1 is 1.00 bits per heavy atom. The highest BCUT2D eigenvalue weighted by atomic mass is 16.5. The maximum atomic E-state index is 9.85. The van der Waals surface area contributed by atoms with E-state index in [1.54, 1.807) is 0 Å². The number of nitrogens with zero attached hydrogens (tertiary/aromatic N) is 2. The van der Waals surface area contributed by atoms with Gasteiger partial charge in [0, 0.05) is 26.2 Å². The fraction of sp³-hybridized carbons (Fsp3) is 1.00. The van der Waals surface area contributed by atoms with E-state index in [0.29, 0.717) is 6.61 Å². The minimum atomic E-state index is -0.385. The van der Waals surface area contributed by atoms with Gasteiger partial charge >= 0.3 is 0 Å². The average molecular weight is 242 g/mol. The molecule has 17 heavy (non-hydrogen) atoms. The van der Waals surface area contributed by atoms with Gasteiger partial charge in [-0.25, -0.2) is 0 Å². The lowest BCUT2D eigenvalue weighted by molar-refractivity contribution is -0.0494. The van der Waals surface area contributed by atoms with Crippen molar-refractivity contribution in [1.29, 1.82) is 0 Å². The Balaban J connectivity index is 1.45. The van der Waals surface area contributed by atoms with Crippen LogP contribution in [-0.2, 0) is 4.74 Å². The Labute approximate surface area is 105 Å². The zero-order valence-electron chi connectivity index (χ0n) is 10.8. The average Bonchev–Trinajstić information content (AvgIpc) is 3.01. The van der Waals surface area contributed by atoms with Crippen molar-refractivity contribution in [2.75, 3.05) is 45.9 Å². The van der Waals surface area contributed by atoms with Gasteiger partial charge < -0.3 is 14.7 Å². The highest BCUT2D eigenvalue weighted by Crippen LogP contribution is 2.10. The first-order valence-electron chi connectivity index (χ1n) is 7.08. The molecular weight excluding hydrogens is 216 g/mol. The van der Waals surface area contributed by atoms with Crippen molar-refractivity contribution in [2.24, 2.45) is 0 Å². The third kappa shape index (κ3) is 4.54. The molecule has 0 saturated carbocycles. The second kappa shape index (κ2) is 7.31. The molecular formula is C13H26N2O2. The van der Waals surface area contributed by atoms with Crippen molar-refractivity contribution in [3.63, 3.8) is 0 Å². The lowest BCUT2D eigenvalue weighted by atomic mass is 10.4. The summed E-state index contributed by atoms with van der Waals surface area (Å²) < 4.78 is 5.55. The molecule has 0 aliphatic carbocycles. The van der Waals surface area contributed by atoms with E-state index in [4.69, 9.17) is 4.74 Å². The topological polar surface area (TPSA) is 35.9 Å². The van der Waals surface area contributed by atoms with E-state index in [1.807, 2.05) is 0 Å².